The molecule has 0 aromatic heterocycles. The Morgan fingerprint density at radius 2 is 1.87 bits per heavy atom. The molecule has 1 N–H and O–H groups in total. The van der Waals surface area contributed by atoms with E-state index in [1.165, 1.54) is 0 Å². The molecule has 4 rings (SSSR count). The normalized spacial score (nSPS) is 15.4. The Morgan fingerprint density at radius 3 is 2.65 bits per heavy atom. The number of hydrogen-bond donors (Lipinski definition) is 1. The number of benzodiazepines with no additional fused rings is 1. The SMILES string of the molecule is O=C(O[C@@H]1N=C(c2ccccc2Cl)c2cc(Br)ccc2NC1=O)c1cccc(CBr)c1. The minimum atomic E-state index is -1.38. The number of nitrogens with one attached hydrogen (secondary N) is 1. The van der Waals surface area contributed by atoms with Gasteiger partial charge in [-0.2, -0.15) is 0 Å². The van der Waals surface area contributed by atoms with Gasteiger partial charge in [0.2, 0.25) is 0 Å². The number of amides is 1. The lowest BCUT2D eigenvalue weighted by Crippen LogP contribution is -2.30. The van der Waals surface area contributed by atoms with Crippen molar-refractivity contribution in [3.8, 4) is 0 Å². The molecule has 0 radical (unpaired) electrons. The molecule has 0 saturated carbocycles. The standard InChI is InChI=1S/C23H15Br2ClN2O3/c24-12-13-4-3-5-14(10-13)23(30)31-22-21(29)27-19-9-8-15(25)11-17(19)20(28-22)16-6-1-2-7-18(16)26/h1-11,22H,12H2,(H,27,29)/t22-/m0/s1. The van der Waals surface area contributed by atoms with E-state index in [1.54, 1.807) is 42.5 Å². The van der Waals surface area contributed by atoms with Gasteiger partial charge in [0, 0.05) is 26.0 Å². The topological polar surface area (TPSA) is 67.8 Å². The lowest BCUT2D eigenvalue weighted by atomic mass is 10.0. The highest BCUT2D eigenvalue weighted by atomic mass is 79.9. The average Bonchev–Trinajstić information content (AvgIpc) is 2.90. The average molecular weight is 563 g/mol. The molecular formula is C23H15Br2ClN2O3. The number of carbonyl (C=O) groups excluding carboxylic acids is 2. The molecule has 31 heavy (non-hydrogen) atoms. The summed E-state index contributed by atoms with van der Waals surface area (Å²) in [6.45, 7) is 0. The summed E-state index contributed by atoms with van der Waals surface area (Å²) in [6, 6.07) is 19.6. The number of ether oxygens (including phenoxy) is 1. The molecule has 1 atom stereocenters. The fourth-order valence-corrected chi connectivity index (χ4v) is 4.09. The smallest absolute Gasteiger partial charge is 0.340 e. The highest BCUT2D eigenvalue weighted by molar-refractivity contribution is 9.10. The highest BCUT2D eigenvalue weighted by Gasteiger charge is 2.30. The van der Waals surface area contributed by atoms with Crippen LogP contribution >= 0.6 is 43.5 Å². The highest BCUT2D eigenvalue weighted by Crippen LogP contribution is 2.30. The zero-order chi connectivity index (χ0) is 22.0. The molecule has 0 saturated heterocycles. The van der Waals surface area contributed by atoms with Gasteiger partial charge >= 0.3 is 5.97 Å². The maximum Gasteiger partial charge on any atom is 0.340 e. The molecule has 156 valence electrons. The lowest BCUT2D eigenvalue weighted by molar-refractivity contribution is -0.124. The first-order valence-electron chi connectivity index (χ1n) is 9.25. The molecule has 0 aliphatic carbocycles. The Morgan fingerprint density at radius 1 is 1.06 bits per heavy atom. The third-order valence-electron chi connectivity index (χ3n) is 4.63. The van der Waals surface area contributed by atoms with Gasteiger partial charge in [0.15, 0.2) is 0 Å². The number of esters is 1. The third-order valence-corrected chi connectivity index (χ3v) is 6.10. The molecule has 3 aromatic carbocycles. The Kier molecular flexibility index (Phi) is 6.55. The molecule has 0 bridgehead atoms. The zero-order valence-corrected chi connectivity index (χ0v) is 19.9. The first kappa shape index (κ1) is 21.7. The number of rotatable bonds is 4. The van der Waals surface area contributed by atoms with Crippen molar-refractivity contribution in [3.05, 3.63) is 98.5 Å². The molecule has 8 heteroatoms. The maximum atomic E-state index is 12.9. The van der Waals surface area contributed by atoms with Crippen LogP contribution in [0.4, 0.5) is 5.69 Å². The van der Waals surface area contributed by atoms with Gasteiger partial charge in [0.25, 0.3) is 12.1 Å². The van der Waals surface area contributed by atoms with E-state index in [9.17, 15) is 9.59 Å². The summed E-state index contributed by atoms with van der Waals surface area (Å²) in [5.74, 6) is -1.19. The van der Waals surface area contributed by atoms with Crippen molar-refractivity contribution in [2.75, 3.05) is 5.32 Å². The van der Waals surface area contributed by atoms with E-state index in [1.807, 2.05) is 24.3 Å². The monoisotopic (exact) mass is 560 g/mol. The lowest BCUT2D eigenvalue weighted by Gasteiger charge is -2.13. The van der Waals surface area contributed by atoms with E-state index in [0.717, 1.165) is 10.0 Å². The first-order chi connectivity index (χ1) is 15.0. The van der Waals surface area contributed by atoms with Gasteiger partial charge in [0.1, 0.15) is 0 Å². The number of benzene rings is 3. The molecule has 0 spiro atoms. The van der Waals surface area contributed by atoms with E-state index in [2.05, 4.69) is 42.2 Å². The number of halogens is 3. The van der Waals surface area contributed by atoms with Crippen molar-refractivity contribution in [3.63, 3.8) is 0 Å². The second-order valence-electron chi connectivity index (χ2n) is 6.73. The first-order valence-corrected chi connectivity index (χ1v) is 11.5. The summed E-state index contributed by atoms with van der Waals surface area (Å²) in [5.41, 5.74) is 3.54. The van der Waals surface area contributed by atoms with Gasteiger partial charge in [0.05, 0.1) is 17.0 Å². The van der Waals surface area contributed by atoms with Crippen LogP contribution in [0.2, 0.25) is 5.02 Å². The number of fused-ring (bicyclic) bond motifs is 1. The molecular weight excluding hydrogens is 548 g/mol. The summed E-state index contributed by atoms with van der Waals surface area (Å²) in [7, 11) is 0. The van der Waals surface area contributed by atoms with Crippen LogP contribution in [0.5, 0.6) is 0 Å². The van der Waals surface area contributed by atoms with Crippen molar-refractivity contribution < 1.29 is 14.3 Å². The van der Waals surface area contributed by atoms with Gasteiger partial charge in [-0.25, -0.2) is 9.79 Å². The van der Waals surface area contributed by atoms with Crippen molar-refractivity contribution >= 4 is 66.7 Å². The molecule has 5 nitrogen and oxygen atoms in total. The number of anilines is 1. The fraction of sp³-hybridized carbons (Fsp3) is 0.0870. The van der Waals surface area contributed by atoms with Crippen LogP contribution in [-0.2, 0) is 14.9 Å². The number of hydrogen-bond acceptors (Lipinski definition) is 4. The van der Waals surface area contributed by atoms with Crippen LogP contribution in [0.25, 0.3) is 0 Å². The van der Waals surface area contributed by atoms with Gasteiger partial charge in [-0.3, -0.25) is 4.79 Å². The van der Waals surface area contributed by atoms with Gasteiger partial charge < -0.3 is 10.1 Å². The van der Waals surface area contributed by atoms with Crippen LogP contribution in [0.15, 0.2) is 76.2 Å². The van der Waals surface area contributed by atoms with Crippen molar-refractivity contribution in [1.29, 1.82) is 0 Å². The molecule has 0 fully saturated rings. The molecule has 0 unspecified atom stereocenters. The Balaban J connectivity index is 1.77. The van der Waals surface area contributed by atoms with E-state index in [4.69, 9.17) is 16.3 Å². The van der Waals surface area contributed by atoms with Crippen LogP contribution in [0, 0.1) is 0 Å². The second-order valence-corrected chi connectivity index (χ2v) is 8.61. The summed E-state index contributed by atoms with van der Waals surface area (Å²) < 4.78 is 6.32. The summed E-state index contributed by atoms with van der Waals surface area (Å²) in [6.07, 6.45) is -1.38. The molecule has 1 aliphatic heterocycles. The van der Waals surface area contributed by atoms with E-state index >= 15 is 0 Å². The minimum Gasteiger partial charge on any atom is -0.426 e. The van der Waals surface area contributed by atoms with E-state index in [0.29, 0.717) is 38.4 Å². The van der Waals surface area contributed by atoms with Crippen molar-refractivity contribution in [2.24, 2.45) is 4.99 Å². The quantitative estimate of drug-likeness (QED) is 0.315. The number of aliphatic imine (C=N–C) groups is 1. The third kappa shape index (κ3) is 4.74. The number of alkyl halides is 1. The van der Waals surface area contributed by atoms with E-state index in [-0.39, 0.29) is 0 Å². The van der Waals surface area contributed by atoms with Crippen LogP contribution in [0.1, 0.15) is 27.0 Å². The van der Waals surface area contributed by atoms with Crippen molar-refractivity contribution in [2.45, 2.75) is 11.6 Å². The molecule has 1 heterocycles. The summed E-state index contributed by atoms with van der Waals surface area (Å²) in [4.78, 5) is 30.1. The van der Waals surface area contributed by atoms with Gasteiger partial charge in [-0.1, -0.05) is 73.8 Å². The molecule has 1 aliphatic rings. The van der Waals surface area contributed by atoms with Crippen LogP contribution in [-0.4, -0.2) is 23.8 Å². The van der Waals surface area contributed by atoms with Crippen LogP contribution in [0.3, 0.4) is 0 Å². The maximum absolute atomic E-state index is 12.9. The zero-order valence-electron chi connectivity index (χ0n) is 15.9. The molecule has 1 amide bonds. The fourth-order valence-electron chi connectivity index (χ4n) is 3.16. The number of nitrogens with zero attached hydrogens (tertiary/aromatic N) is 1. The predicted molar refractivity (Wildman–Crippen MR) is 128 cm³/mol. The number of carbonyl (C=O) groups is 2. The van der Waals surface area contributed by atoms with Crippen molar-refractivity contribution in [1.82, 2.24) is 0 Å². The van der Waals surface area contributed by atoms with Gasteiger partial charge in [-0.05, 0) is 42.0 Å². The Bertz CT molecular complexity index is 1210. The second kappa shape index (κ2) is 9.34. The predicted octanol–water partition coefficient (Wildman–Crippen LogP) is 5.97. The van der Waals surface area contributed by atoms with E-state index < -0.39 is 18.1 Å². The molecule has 3 aromatic rings. The largest absolute Gasteiger partial charge is 0.426 e. The Labute approximate surface area is 200 Å². The minimum absolute atomic E-state index is 0.337. The van der Waals surface area contributed by atoms with Crippen LogP contribution < -0.4 is 5.32 Å². The van der Waals surface area contributed by atoms with Gasteiger partial charge in [-0.15, -0.1) is 0 Å². The Hall–Kier alpha value is -2.48. The summed E-state index contributed by atoms with van der Waals surface area (Å²) in [5, 5.41) is 3.86. The summed E-state index contributed by atoms with van der Waals surface area (Å²) >= 11 is 13.3.